The molecule has 6 heteroatoms. The predicted octanol–water partition coefficient (Wildman–Crippen LogP) is 1.77. The van der Waals surface area contributed by atoms with Gasteiger partial charge in [-0.2, -0.15) is 10.2 Å². The summed E-state index contributed by atoms with van der Waals surface area (Å²) >= 11 is 6.03. The molecule has 0 bridgehead atoms. The molecule has 2 rings (SSSR count). The highest BCUT2D eigenvalue weighted by atomic mass is 35.5. The molecule has 84 valence electrons. The molecule has 0 aliphatic heterocycles. The highest BCUT2D eigenvalue weighted by Crippen LogP contribution is 2.15. The van der Waals surface area contributed by atoms with Crippen molar-refractivity contribution in [1.29, 1.82) is 0 Å². The molecule has 0 N–H and O–H groups in total. The summed E-state index contributed by atoms with van der Waals surface area (Å²) < 4.78 is 6.51. The molecule has 0 aliphatic carbocycles. The maximum Gasteiger partial charge on any atom is 0.177 e. The zero-order valence-corrected chi connectivity index (χ0v) is 9.77. The molecule has 0 saturated heterocycles. The van der Waals surface area contributed by atoms with Gasteiger partial charge in [0.2, 0.25) is 0 Å². The van der Waals surface area contributed by atoms with Gasteiger partial charge >= 0.3 is 0 Å². The van der Waals surface area contributed by atoms with Gasteiger partial charge in [-0.1, -0.05) is 11.6 Å². The van der Waals surface area contributed by atoms with Gasteiger partial charge in [0.05, 0.1) is 18.0 Å². The summed E-state index contributed by atoms with van der Waals surface area (Å²) in [6, 6.07) is 5.42. The summed E-state index contributed by atoms with van der Waals surface area (Å²) in [5.41, 5.74) is 1.61. The second kappa shape index (κ2) is 4.59. The standard InChI is InChI=1S/C10H11ClN4O/c1-7-3-4-10(13-12-7)15-9(11)5-8(14-15)6-16-2/h3-5H,6H2,1-2H3. The Kier molecular flexibility index (Phi) is 3.17. The molecule has 0 amide bonds. The van der Waals surface area contributed by atoms with Gasteiger partial charge in [-0.15, -0.1) is 5.10 Å². The quantitative estimate of drug-likeness (QED) is 0.818. The van der Waals surface area contributed by atoms with E-state index in [-0.39, 0.29) is 0 Å². The van der Waals surface area contributed by atoms with Crippen molar-refractivity contribution in [2.24, 2.45) is 0 Å². The van der Waals surface area contributed by atoms with E-state index in [2.05, 4.69) is 15.3 Å². The van der Waals surface area contributed by atoms with E-state index in [1.807, 2.05) is 19.1 Å². The van der Waals surface area contributed by atoms with E-state index in [4.69, 9.17) is 16.3 Å². The molecular formula is C10H11ClN4O. The zero-order valence-electron chi connectivity index (χ0n) is 9.01. The fourth-order valence-electron chi connectivity index (χ4n) is 1.29. The number of hydrogen-bond acceptors (Lipinski definition) is 4. The van der Waals surface area contributed by atoms with Crippen LogP contribution in [0.25, 0.3) is 5.82 Å². The van der Waals surface area contributed by atoms with E-state index in [9.17, 15) is 0 Å². The van der Waals surface area contributed by atoms with Gasteiger partial charge in [-0.3, -0.25) is 0 Å². The fourth-order valence-corrected chi connectivity index (χ4v) is 1.54. The van der Waals surface area contributed by atoms with Crippen molar-refractivity contribution in [3.63, 3.8) is 0 Å². The Balaban J connectivity index is 2.36. The van der Waals surface area contributed by atoms with Gasteiger partial charge in [0.15, 0.2) is 5.82 Å². The summed E-state index contributed by atoms with van der Waals surface area (Å²) in [6.07, 6.45) is 0. The molecule has 0 saturated carbocycles. The van der Waals surface area contributed by atoms with Crippen LogP contribution < -0.4 is 0 Å². The van der Waals surface area contributed by atoms with Gasteiger partial charge in [0.25, 0.3) is 0 Å². The first kappa shape index (κ1) is 11.0. The molecule has 16 heavy (non-hydrogen) atoms. The van der Waals surface area contributed by atoms with Crippen molar-refractivity contribution in [2.45, 2.75) is 13.5 Å². The smallest absolute Gasteiger partial charge is 0.177 e. The third-order valence-corrected chi connectivity index (χ3v) is 2.28. The predicted molar refractivity (Wildman–Crippen MR) is 59.6 cm³/mol. The number of ether oxygens (including phenoxy) is 1. The molecule has 0 aromatic carbocycles. The lowest BCUT2D eigenvalue weighted by atomic mass is 10.4. The number of halogens is 1. The van der Waals surface area contributed by atoms with Crippen molar-refractivity contribution < 1.29 is 4.74 Å². The average Bonchev–Trinajstić information content (AvgIpc) is 2.61. The monoisotopic (exact) mass is 238 g/mol. The highest BCUT2D eigenvalue weighted by molar-refractivity contribution is 6.29. The number of aromatic nitrogens is 4. The van der Waals surface area contributed by atoms with Crippen LogP contribution >= 0.6 is 11.6 Å². The average molecular weight is 239 g/mol. The van der Waals surface area contributed by atoms with Crippen molar-refractivity contribution in [1.82, 2.24) is 20.0 Å². The molecular weight excluding hydrogens is 228 g/mol. The number of aryl methyl sites for hydroxylation is 1. The molecule has 0 fully saturated rings. The van der Waals surface area contributed by atoms with Crippen LogP contribution in [-0.2, 0) is 11.3 Å². The largest absolute Gasteiger partial charge is 0.378 e. The Labute approximate surface area is 98.0 Å². The zero-order chi connectivity index (χ0) is 11.5. The van der Waals surface area contributed by atoms with Gasteiger partial charge in [0.1, 0.15) is 5.15 Å². The molecule has 2 aromatic heterocycles. The summed E-state index contributed by atoms with van der Waals surface area (Å²) in [4.78, 5) is 0. The minimum absolute atomic E-state index is 0.423. The first-order valence-corrected chi connectivity index (χ1v) is 5.12. The lowest BCUT2D eigenvalue weighted by Crippen LogP contribution is -2.02. The first-order valence-electron chi connectivity index (χ1n) is 4.75. The summed E-state index contributed by atoms with van der Waals surface area (Å²) in [7, 11) is 1.61. The van der Waals surface area contributed by atoms with Crippen LogP contribution in [-0.4, -0.2) is 27.1 Å². The van der Waals surface area contributed by atoms with Gasteiger partial charge in [-0.25, -0.2) is 4.68 Å². The number of nitrogens with zero attached hydrogens (tertiary/aromatic N) is 4. The normalized spacial score (nSPS) is 10.7. The number of methoxy groups -OCH3 is 1. The van der Waals surface area contributed by atoms with Crippen molar-refractivity contribution >= 4 is 11.6 Å². The second-order valence-corrected chi connectivity index (χ2v) is 3.72. The Morgan fingerprint density at radius 3 is 2.81 bits per heavy atom. The van der Waals surface area contributed by atoms with Gasteiger partial charge in [-0.05, 0) is 19.1 Å². The maximum atomic E-state index is 6.03. The van der Waals surface area contributed by atoms with E-state index >= 15 is 0 Å². The number of hydrogen-bond donors (Lipinski definition) is 0. The molecule has 0 spiro atoms. The lowest BCUT2D eigenvalue weighted by Gasteiger charge is -2.00. The van der Waals surface area contributed by atoms with Gasteiger partial charge < -0.3 is 4.74 Å². The van der Waals surface area contributed by atoms with Crippen LogP contribution in [0.15, 0.2) is 18.2 Å². The van der Waals surface area contributed by atoms with Crippen molar-refractivity contribution in [3.8, 4) is 5.82 Å². The SMILES string of the molecule is COCc1cc(Cl)n(-c2ccc(C)nn2)n1. The topological polar surface area (TPSA) is 52.8 Å². The fraction of sp³-hybridized carbons (Fsp3) is 0.300. The van der Waals surface area contributed by atoms with Crippen LogP contribution in [0, 0.1) is 6.92 Å². The Morgan fingerprint density at radius 1 is 1.38 bits per heavy atom. The van der Waals surface area contributed by atoms with Crippen LogP contribution in [0.3, 0.4) is 0 Å². The summed E-state index contributed by atoms with van der Waals surface area (Å²) in [6.45, 7) is 2.30. The minimum atomic E-state index is 0.423. The summed E-state index contributed by atoms with van der Waals surface area (Å²) in [5, 5.41) is 12.7. The molecule has 2 heterocycles. The van der Waals surface area contributed by atoms with E-state index < -0.39 is 0 Å². The third kappa shape index (κ3) is 2.20. The Hall–Kier alpha value is -1.46. The second-order valence-electron chi connectivity index (χ2n) is 3.34. The van der Waals surface area contributed by atoms with Crippen LogP contribution in [0.2, 0.25) is 5.15 Å². The van der Waals surface area contributed by atoms with E-state index in [0.29, 0.717) is 17.6 Å². The van der Waals surface area contributed by atoms with Crippen LogP contribution in [0.5, 0.6) is 0 Å². The van der Waals surface area contributed by atoms with Crippen LogP contribution in [0.1, 0.15) is 11.4 Å². The number of rotatable bonds is 3. The van der Waals surface area contributed by atoms with E-state index in [1.165, 1.54) is 4.68 Å². The van der Waals surface area contributed by atoms with Crippen molar-refractivity contribution in [3.05, 3.63) is 34.7 Å². The molecule has 0 atom stereocenters. The molecule has 0 aliphatic rings. The third-order valence-electron chi connectivity index (χ3n) is 2.01. The van der Waals surface area contributed by atoms with E-state index in [1.54, 1.807) is 13.2 Å². The molecule has 0 unspecified atom stereocenters. The highest BCUT2D eigenvalue weighted by Gasteiger charge is 2.08. The van der Waals surface area contributed by atoms with Crippen LogP contribution in [0.4, 0.5) is 0 Å². The lowest BCUT2D eigenvalue weighted by molar-refractivity contribution is 0.181. The van der Waals surface area contributed by atoms with Crippen molar-refractivity contribution in [2.75, 3.05) is 7.11 Å². The Morgan fingerprint density at radius 2 is 2.19 bits per heavy atom. The maximum absolute atomic E-state index is 6.03. The first-order chi connectivity index (χ1) is 7.70. The molecule has 2 aromatic rings. The molecule has 5 nitrogen and oxygen atoms in total. The summed E-state index contributed by atoms with van der Waals surface area (Å²) in [5.74, 6) is 0.595. The minimum Gasteiger partial charge on any atom is -0.378 e. The van der Waals surface area contributed by atoms with E-state index in [0.717, 1.165) is 11.4 Å². The van der Waals surface area contributed by atoms with Gasteiger partial charge in [0, 0.05) is 13.2 Å². The molecule has 0 radical (unpaired) electrons. The Bertz CT molecular complexity index is 480.